The first kappa shape index (κ1) is 30.7. The van der Waals surface area contributed by atoms with Crippen molar-refractivity contribution in [3.05, 3.63) is 65.8 Å². The molecule has 1 amide bonds. The Morgan fingerprint density at radius 2 is 1.85 bits per heavy atom. The number of nitrogens with one attached hydrogen (secondary N) is 3. The van der Waals surface area contributed by atoms with E-state index >= 15 is 0 Å². The molecule has 10 nitrogen and oxygen atoms in total. The summed E-state index contributed by atoms with van der Waals surface area (Å²) in [6.07, 6.45) is 2.39. The summed E-state index contributed by atoms with van der Waals surface area (Å²) in [5.74, 6) is 1.48. The zero-order valence-corrected chi connectivity index (χ0v) is 24.5. The number of nitrogens with zero attached hydrogens (tertiary/aromatic N) is 3. The van der Waals surface area contributed by atoms with Gasteiger partial charge in [-0.3, -0.25) is 4.79 Å². The van der Waals surface area contributed by atoms with Gasteiger partial charge in [-0.2, -0.15) is 4.98 Å². The first-order chi connectivity index (χ1) is 19.1. The van der Waals surface area contributed by atoms with Crippen molar-refractivity contribution >= 4 is 46.3 Å². The van der Waals surface area contributed by atoms with Crippen LogP contribution in [0.4, 0.5) is 28.8 Å². The number of likely N-dealkylation sites (N-methyl/N-ethyl adjacent to an activating group) is 1. The molecule has 3 rings (SSSR count). The molecular formula is C29H37ClN6O4. The maximum Gasteiger partial charge on any atom is 0.247 e. The molecule has 1 aromatic heterocycles. The maximum atomic E-state index is 12.3. The normalized spacial score (nSPS) is 11.7. The van der Waals surface area contributed by atoms with Crippen molar-refractivity contribution in [1.29, 1.82) is 0 Å². The molecule has 3 N–H and O–H groups in total. The van der Waals surface area contributed by atoms with E-state index < -0.39 is 5.91 Å². The van der Waals surface area contributed by atoms with Crippen molar-refractivity contribution in [3.8, 4) is 11.5 Å². The van der Waals surface area contributed by atoms with Gasteiger partial charge < -0.3 is 35.1 Å². The largest absolute Gasteiger partial charge is 0.494 e. The van der Waals surface area contributed by atoms with Crippen molar-refractivity contribution < 1.29 is 19.0 Å². The summed E-state index contributed by atoms with van der Waals surface area (Å²) in [5.41, 5.74) is 2.95. The van der Waals surface area contributed by atoms with Gasteiger partial charge in [0.05, 0.1) is 31.3 Å². The molecule has 0 aliphatic heterocycles. The monoisotopic (exact) mass is 568 g/mol. The second-order valence-electron chi connectivity index (χ2n) is 9.58. The maximum absolute atomic E-state index is 12.3. The van der Waals surface area contributed by atoms with Crippen LogP contribution in [0.5, 0.6) is 11.5 Å². The predicted molar refractivity (Wildman–Crippen MR) is 161 cm³/mol. The molecule has 0 aliphatic rings. The first-order valence-electron chi connectivity index (χ1n) is 12.8. The van der Waals surface area contributed by atoms with Crippen molar-refractivity contribution in [3.63, 3.8) is 0 Å². The lowest BCUT2D eigenvalue weighted by atomic mass is 10.0. The van der Waals surface area contributed by atoms with Gasteiger partial charge in [0.15, 0.2) is 5.82 Å². The van der Waals surface area contributed by atoms with Crippen LogP contribution in [0.3, 0.4) is 0 Å². The summed E-state index contributed by atoms with van der Waals surface area (Å²) in [6, 6.07) is 11.4. The average Bonchev–Trinajstić information content (AvgIpc) is 2.91. The fourth-order valence-corrected chi connectivity index (χ4v) is 4.12. The Morgan fingerprint density at radius 1 is 1.10 bits per heavy atom. The van der Waals surface area contributed by atoms with Crippen LogP contribution in [0.2, 0.25) is 5.02 Å². The Morgan fingerprint density at radius 3 is 2.50 bits per heavy atom. The lowest BCUT2D eigenvalue weighted by Crippen LogP contribution is -2.34. The minimum atomic E-state index is -0.394. The van der Waals surface area contributed by atoms with Gasteiger partial charge in [-0.05, 0) is 43.8 Å². The highest BCUT2D eigenvalue weighted by molar-refractivity contribution is 6.32. The van der Waals surface area contributed by atoms with E-state index in [1.165, 1.54) is 19.4 Å². The standard InChI is InChI=1S/C29H37ClN6O4/c1-8-27(37)32-24-13-23(25(39-7)14-26(24)40-19(17-38-6)16-36(4)5)34-29-31-15-21(30)28(35-29)33-22-12-10-9-11-20(22)18(2)3/h8-15,18-19H,1,16-17H2,2-7H3,(H,32,37)(H2,31,33,34,35). The molecule has 0 bridgehead atoms. The van der Waals surface area contributed by atoms with Gasteiger partial charge in [-0.25, -0.2) is 4.98 Å². The minimum absolute atomic E-state index is 0.270. The topological polar surface area (TPSA) is 110 Å². The third-order valence-electron chi connectivity index (χ3n) is 5.79. The lowest BCUT2D eigenvalue weighted by molar-refractivity contribution is -0.111. The summed E-state index contributed by atoms with van der Waals surface area (Å²) in [4.78, 5) is 23.2. The number of methoxy groups -OCH3 is 2. The van der Waals surface area contributed by atoms with Crippen LogP contribution < -0.4 is 25.4 Å². The molecule has 1 unspecified atom stereocenters. The molecule has 0 aliphatic carbocycles. The number of hydrogen-bond acceptors (Lipinski definition) is 9. The molecule has 1 atom stereocenters. The van der Waals surface area contributed by atoms with Gasteiger partial charge in [0.1, 0.15) is 22.6 Å². The van der Waals surface area contributed by atoms with E-state index in [4.69, 9.17) is 25.8 Å². The van der Waals surface area contributed by atoms with Crippen molar-refractivity contribution in [1.82, 2.24) is 14.9 Å². The first-order valence-corrected chi connectivity index (χ1v) is 13.1. The Hall–Kier alpha value is -3.86. The number of anilines is 5. The van der Waals surface area contributed by atoms with Crippen molar-refractivity contribution in [2.24, 2.45) is 0 Å². The fourth-order valence-electron chi connectivity index (χ4n) is 3.98. The Labute approximate surface area is 240 Å². The molecule has 40 heavy (non-hydrogen) atoms. The molecule has 0 spiro atoms. The highest BCUT2D eigenvalue weighted by Crippen LogP contribution is 2.39. The molecule has 0 radical (unpaired) electrons. The van der Waals surface area contributed by atoms with Crippen LogP contribution in [0.25, 0.3) is 0 Å². The summed E-state index contributed by atoms with van der Waals surface area (Å²) >= 11 is 6.44. The highest BCUT2D eigenvalue weighted by atomic mass is 35.5. The van der Waals surface area contributed by atoms with Crippen LogP contribution in [0, 0.1) is 0 Å². The second kappa shape index (κ2) is 14.5. The number of ether oxygens (including phenoxy) is 3. The molecule has 214 valence electrons. The molecule has 3 aromatic rings. The van der Waals surface area contributed by atoms with Crippen LogP contribution in [-0.4, -0.2) is 68.3 Å². The third-order valence-corrected chi connectivity index (χ3v) is 6.06. The van der Waals surface area contributed by atoms with Crippen LogP contribution in [-0.2, 0) is 9.53 Å². The Balaban J connectivity index is 1.97. The van der Waals surface area contributed by atoms with E-state index in [0.717, 1.165) is 11.3 Å². The number of hydrogen-bond donors (Lipinski definition) is 3. The van der Waals surface area contributed by atoms with E-state index in [1.54, 1.807) is 19.2 Å². The number of para-hydroxylation sites is 1. The minimum Gasteiger partial charge on any atom is -0.494 e. The number of amides is 1. The number of rotatable bonds is 14. The number of halogens is 1. The van der Waals surface area contributed by atoms with Gasteiger partial charge in [0, 0.05) is 25.4 Å². The number of benzene rings is 2. The SMILES string of the molecule is C=CC(=O)Nc1cc(Nc2ncc(Cl)c(Nc3ccccc3C(C)C)n2)c(OC)cc1OC(COC)CN(C)C. The van der Waals surface area contributed by atoms with Crippen LogP contribution >= 0.6 is 11.6 Å². The van der Waals surface area contributed by atoms with Crippen molar-refractivity contribution in [2.45, 2.75) is 25.9 Å². The Kier molecular flexibility index (Phi) is 11.1. The molecular weight excluding hydrogens is 532 g/mol. The average molecular weight is 569 g/mol. The summed E-state index contributed by atoms with van der Waals surface area (Å²) in [5, 5.41) is 9.66. The van der Waals surface area contributed by atoms with Gasteiger partial charge in [0.25, 0.3) is 0 Å². The van der Waals surface area contributed by atoms with Crippen LogP contribution in [0.15, 0.2) is 55.3 Å². The third kappa shape index (κ3) is 8.32. The van der Waals surface area contributed by atoms with Crippen LogP contribution in [0.1, 0.15) is 25.3 Å². The summed E-state index contributed by atoms with van der Waals surface area (Å²) in [7, 11) is 7.03. The van der Waals surface area contributed by atoms with E-state index in [-0.39, 0.29) is 12.1 Å². The lowest BCUT2D eigenvalue weighted by Gasteiger charge is -2.24. The molecule has 0 fully saturated rings. The molecule has 1 heterocycles. The molecule has 0 saturated carbocycles. The smallest absolute Gasteiger partial charge is 0.247 e. The van der Waals surface area contributed by atoms with E-state index in [9.17, 15) is 4.79 Å². The number of carbonyl (C=O) groups excluding carboxylic acids is 1. The zero-order valence-electron chi connectivity index (χ0n) is 23.7. The molecule has 11 heteroatoms. The quantitative estimate of drug-likeness (QED) is 0.207. The van der Waals surface area contributed by atoms with Gasteiger partial charge in [0.2, 0.25) is 11.9 Å². The second-order valence-corrected chi connectivity index (χ2v) is 9.99. The molecule has 0 saturated heterocycles. The number of aromatic nitrogens is 2. The summed E-state index contributed by atoms with van der Waals surface area (Å²) < 4.78 is 17.2. The van der Waals surface area contributed by atoms with E-state index in [0.29, 0.717) is 52.8 Å². The van der Waals surface area contributed by atoms with E-state index in [1.807, 2.05) is 37.2 Å². The van der Waals surface area contributed by atoms with Gasteiger partial charge in [-0.15, -0.1) is 0 Å². The number of carbonyl (C=O) groups is 1. The van der Waals surface area contributed by atoms with Gasteiger partial charge in [-0.1, -0.05) is 50.2 Å². The highest BCUT2D eigenvalue weighted by Gasteiger charge is 2.19. The van der Waals surface area contributed by atoms with Gasteiger partial charge >= 0.3 is 0 Å². The van der Waals surface area contributed by atoms with Crippen molar-refractivity contribution in [2.75, 3.05) is 57.4 Å². The summed E-state index contributed by atoms with van der Waals surface area (Å²) in [6.45, 7) is 8.74. The van der Waals surface area contributed by atoms with E-state index in [2.05, 4.69) is 52.4 Å². The predicted octanol–water partition coefficient (Wildman–Crippen LogP) is 5.83. The zero-order chi connectivity index (χ0) is 29.2. The molecule has 2 aromatic carbocycles. The Bertz CT molecular complexity index is 1320. The fraction of sp³-hybridized carbons (Fsp3) is 0.345.